The van der Waals surface area contributed by atoms with Crippen LogP contribution in [0.15, 0.2) is 241 Å². The molecule has 0 spiro atoms. The number of hydrogen-bond acceptors (Lipinski definition) is 4. The van der Waals surface area contributed by atoms with Crippen LogP contribution >= 0.6 is 0 Å². The van der Waals surface area contributed by atoms with Gasteiger partial charge in [0.15, 0.2) is 17.5 Å². The van der Waals surface area contributed by atoms with Crippen molar-refractivity contribution in [1.82, 2.24) is 15.0 Å². The average Bonchev–Trinajstić information content (AvgIpc) is 3.79. The highest BCUT2D eigenvalue weighted by molar-refractivity contribution is 6.25. The maximum atomic E-state index is 6.65. The molecule has 0 saturated heterocycles. The van der Waals surface area contributed by atoms with Crippen LogP contribution in [0, 0.1) is 0 Å². The number of aromatic nitrogens is 3. The molecule has 67 heavy (non-hydrogen) atoms. The van der Waals surface area contributed by atoms with Gasteiger partial charge in [0.25, 0.3) is 0 Å². The van der Waals surface area contributed by atoms with Crippen molar-refractivity contribution in [2.45, 2.75) is 0 Å². The molecule has 0 bridgehead atoms. The molecule has 4 heteroatoms. The molecule has 0 aliphatic carbocycles. The van der Waals surface area contributed by atoms with E-state index in [4.69, 9.17) is 19.4 Å². The molecular formula is C63H39N3O. The minimum atomic E-state index is 0.586. The molecule has 0 aliphatic rings. The third kappa shape index (κ3) is 6.91. The van der Waals surface area contributed by atoms with Crippen LogP contribution in [0.5, 0.6) is 0 Å². The highest BCUT2D eigenvalue weighted by Crippen LogP contribution is 2.39. The molecule has 312 valence electrons. The summed E-state index contributed by atoms with van der Waals surface area (Å²) in [6, 6.07) is 83.7. The van der Waals surface area contributed by atoms with Crippen molar-refractivity contribution in [1.29, 1.82) is 0 Å². The summed E-state index contributed by atoms with van der Waals surface area (Å²) in [5.41, 5.74) is 13.5. The lowest BCUT2D eigenvalue weighted by atomic mass is 9.91. The topological polar surface area (TPSA) is 51.8 Å². The van der Waals surface area contributed by atoms with Crippen LogP contribution in [0.4, 0.5) is 0 Å². The standard InChI is InChI=1S/C63H39N3O/c1-3-13-40(14-4-1)41-25-27-43(28-26-41)62-64-61(42-15-5-2-6-16-42)65-63(66-62)50-31-34-57-56-33-30-49(38-59(56)67-60(57)39-50)47-20-12-18-45(36-47)44-17-11-19-46(35-44)48-29-32-55-53-23-8-7-21-51(53)52-22-9-10-24-54(52)58(55)37-48/h1-39H. The second-order valence-corrected chi connectivity index (χ2v) is 17.2. The van der Waals surface area contributed by atoms with Crippen LogP contribution in [-0.4, -0.2) is 15.0 Å². The Labute approximate surface area is 387 Å². The van der Waals surface area contributed by atoms with Gasteiger partial charge in [0.2, 0.25) is 0 Å². The fourth-order valence-corrected chi connectivity index (χ4v) is 9.73. The van der Waals surface area contributed by atoms with Gasteiger partial charge in [-0.05, 0) is 119 Å². The number of fused-ring (bicyclic) bond motifs is 9. The van der Waals surface area contributed by atoms with Crippen LogP contribution in [0.3, 0.4) is 0 Å². The van der Waals surface area contributed by atoms with Crippen molar-refractivity contribution >= 4 is 54.3 Å². The van der Waals surface area contributed by atoms with Gasteiger partial charge in [0.1, 0.15) is 11.2 Å². The second-order valence-electron chi connectivity index (χ2n) is 17.2. The van der Waals surface area contributed by atoms with Crippen molar-refractivity contribution in [2.75, 3.05) is 0 Å². The summed E-state index contributed by atoms with van der Waals surface area (Å²) in [5, 5.41) is 9.79. The Morgan fingerprint density at radius 1 is 0.194 bits per heavy atom. The third-order valence-corrected chi connectivity index (χ3v) is 13.1. The number of nitrogens with zero attached hydrogens (tertiary/aromatic N) is 3. The summed E-state index contributed by atoms with van der Waals surface area (Å²) in [7, 11) is 0. The Balaban J connectivity index is 0.829. The molecule has 13 rings (SSSR count). The lowest BCUT2D eigenvalue weighted by Gasteiger charge is -2.13. The summed E-state index contributed by atoms with van der Waals surface area (Å²) < 4.78 is 6.65. The van der Waals surface area contributed by atoms with Gasteiger partial charge in [-0.15, -0.1) is 0 Å². The smallest absolute Gasteiger partial charge is 0.164 e. The molecular weight excluding hydrogens is 815 g/mol. The predicted molar refractivity (Wildman–Crippen MR) is 278 cm³/mol. The quantitative estimate of drug-likeness (QED) is 0.150. The van der Waals surface area contributed by atoms with Gasteiger partial charge in [-0.25, -0.2) is 15.0 Å². The van der Waals surface area contributed by atoms with E-state index in [0.29, 0.717) is 17.5 Å². The number of rotatable bonds is 7. The Morgan fingerprint density at radius 2 is 0.507 bits per heavy atom. The van der Waals surface area contributed by atoms with E-state index in [1.165, 1.54) is 49.0 Å². The molecule has 13 aromatic rings. The molecule has 0 aliphatic heterocycles. The Hall–Kier alpha value is -8.99. The molecule has 0 fully saturated rings. The number of benzene rings is 11. The third-order valence-electron chi connectivity index (χ3n) is 13.1. The van der Waals surface area contributed by atoms with E-state index >= 15 is 0 Å². The van der Waals surface area contributed by atoms with Crippen LogP contribution in [-0.2, 0) is 0 Å². The van der Waals surface area contributed by atoms with E-state index < -0.39 is 0 Å². The highest BCUT2D eigenvalue weighted by Gasteiger charge is 2.16. The van der Waals surface area contributed by atoms with Gasteiger partial charge in [0.05, 0.1) is 0 Å². The van der Waals surface area contributed by atoms with Crippen molar-refractivity contribution in [3.05, 3.63) is 237 Å². The zero-order valence-corrected chi connectivity index (χ0v) is 36.3. The monoisotopic (exact) mass is 853 g/mol. The molecule has 0 amide bonds. The Morgan fingerprint density at radius 3 is 1.04 bits per heavy atom. The minimum Gasteiger partial charge on any atom is -0.456 e. The van der Waals surface area contributed by atoms with E-state index in [-0.39, 0.29) is 0 Å². The van der Waals surface area contributed by atoms with E-state index in [9.17, 15) is 0 Å². The molecule has 2 aromatic heterocycles. The van der Waals surface area contributed by atoms with E-state index in [1.54, 1.807) is 0 Å². The van der Waals surface area contributed by atoms with Gasteiger partial charge in [-0.3, -0.25) is 0 Å². The predicted octanol–water partition coefficient (Wildman–Crippen LogP) is 16.9. The zero-order valence-electron chi connectivity index (χ0n) is 36.3. The molecule has 11 aromatic carbocycles. The normalized spacial score (nSPS) is 11.6. The molecule has 0 radical (unpaired) electrons. The average molecular weight is 854 g/mol. The van der Waals surface area contributed by atoms with Gasteiger partial charge < -0.3 is 4.42 Å². The maximum absolute atomic E-state index is 6.65. The first kappa shape index (κ1) is 38.5. The first-order valence-electron chi connectivity index (χ1n) is 22.7. The molecule has 2 heterocycles. The van der Waals surface area contributed by atoms with Crippen LogP contribution in [0.1, 0.15) is 0 Å². The van der Waals surface area contributed by atoms with Gasteiger partial charge in [-0.1, -0.05) is 194 Å². The van der Waals surface area contributed by atoms with Crippen molar-refractivity contribution in [2.24, 2.45) is 0 Å². The molecule has 0 N–H and O–H groups in total. The van der Waals surface area contributed by atoms with Gasteiger partial charge >= 0.3 is 0 Å². The summed E-state index contributed by atoms with van der Waals surface area (Å²) in [5.74, 6) is 1.82. The van der Waals surface area contributed by atoms with Crippen LogP contribution in [0.2, 0.25) is 0 Å². The molecule has 0 saturated carbocycles. The summed E-state index contributed by atoms with van der Waals surface area (Å²) in [4.78, 5) is 15.0. The van der Waals surface area contributed by atoms with E-state index in [2.05, 4.69) is 200 Å². The Kier molecular flexibility index (Phi) is 9.14. The largest absolute Gasteiger partial charge is 0.456 e. The van der Waals surface area contributed by atoms with Crippen molar-refractivity contribution < 1.29 is 4.42 Å². The Bertz CT molecular complexity index is 3990. The lowest BCUT2D eigenvalue weighted by Crippen LogP contribution is -2.00. The molecule has 4 nitrogen and oxygen atoms in total. The zero-order chi connectivity index (χ0) is 44.3. The molecule has 0 unspecified atom stereocenters. The number of furan rings is 1. The fraction of sp³-hybridized carbons (Fsp3) is 0. The summed E-state index contributed by atoms with van der Waals surface area (Å²) in [6.07, 6.45) is 0. The van der Waals surface area contributed by atoms with Crippen molar-refractivity contribution in [3.63, 3.8) is 0 Å². The van der Waals surface area contributed by atoms with Crippen molar-refractivity contribution in [3.8, 4) is 78.7 Å². The second kappa shape index (κ2) is 15.9. The minimum absolute atomic E-state index is 0.586. The van der Waals surface area contributed by atoms with Gasteiger partial charge in [-0.2, -0.15) is 0 Å². The molecule has 0 atom stereocenters. The lowest BCUT2D eigenvalue weighted by molar-refractivity contribution is 0.669. The summed E-state index contributed by atoms with van der Waals surface area (Å²) in [6.45, 7) is 0. The number of hydrogen-bond donors (Lipinski definition) is 0. The first-order chi connectivity index (χ1) is 33.2. The SMILES string of the molecule is c1ccc(-c2ccc(-c3nc(-c4ccccc4)nc(-c4ccc5c(c4)oc4cc(-c6cccc(-c7cccc(-c8ccc9c%10ccccc%10c%10ccccc%10c9c8)c7)c6)ccc45)n3)cc2)cc1. The van der Waals surface area contributed by atoms with Crippen LogP contribution < -0.4 is 0 Å². The fourth-order valence-electron chi connectivity index (χ4n) is 9.73. The maximum Gasteiger partial charge on any atom is 0.164 e. The first-order valence-corrected chi connectivity index (χ1v) is 22.7. The van der Waals surface area contributed by atoms with Crippen LogP contribution in [0.25, 0.3) is 133 Å². The van der Waals surface area contributed by atoms with Gasteiger partial charge in [0, 0.05) is 27.5 Å². The summed E-state index contributed by atoms with van der Waals surface area (Å²) >= 11 is 0. The van der Waals surface area contributed by atoms with E-state index in [0.717, 1.165) is 66.4 Å². The van der Waals surface area contributed by atoms with E-state index in [1.807, 2.05) is 36.4 Å². The highest BCUT2D eigenvalue weighted by atomic mass is 16.3.